The molecule has 1 aromatic heterocycles. The maximum atomic E-state index is 12.7. The molecule has 28 heavy (non-hydrogen) atoms. The van der Waals surface area contributed by atoms with Crippen LogP contribution >= 0.6 is 0 Å². The largest absolute Gasteiger partial charge is 0.416 e. The topological polar surface area (TPSA) is 75.2 Å². The van der Waals surface area contributed by atoms with E-state index in [1.165, 1.54) is 30.7 Å². The van der Waals surface area contributed by atoms with E-state index in [0.717, 1.165) is 25.0 Å². The summed E-state index contributed by atoms with van der Waals surface area (Å²) in [5.41, 5.74) is -0.176. The van der Waals surface area contributed by atoms with Gasteiger partial charge in [0.1, 0.15) is 5.69 Å². The molecule has 0 bridgehead atoms. The van der Waals surface area contributed by atoms with Crippen molar-refractivity contribution >= 4 is 11.8 Å². The van der Waals surface area contributed by atoms with Crippen molar-refractivity contribution in [2.24, 2.45) is 0 Å². The van der Waals surface area contributed by atoms with Crippen molar-refractivity contribution in [1.82, 2.24) is 20.2 Å². The molecule has 148 valence electrons. The zero-order valence-electron chi connectivity index (χ0n) is 14.9. The van der Waals surface area contributed by atoms with E-state index < -0.39 is 11.7 Å². The summed E-state index contributed by atoms with van der Waals surface area (Å²) in [4.78, 5) is 34.1. The van der Waals surface area contributed by atoms with E-state index >= 15 is 0 Å². The van der Waals surface area contributed by atoms with Gasteiger partial charge in [0.25, 0.3) is 5.91 Å². The molecular weight excluding hydrogens is 373 g/mol. The monoisotopic (exact) mass is 392 g/mol. The van der Waals surface area contributed by atoms with Crippen molar-refractivity contribution in [3.05, 3.63) is 59.7 Å². The van der Waals surface area contributed by atoms with Crippen LogP contribution in [-0.2, 0) is 17.5 Å². The summed E-state index contributed by atoms with van der Waals surface area (Å²) in [5.74, 6) is -0.615. The number of halogens is 3. The molecule has 2 amide bonds. The van der Waals surface area contributed by atoms with E-state index in [4.69, 9.17) is 0 Å². The Labute approximate surface area is 159 Å². The Bertz CT molecular complexity index is 839. The van der Waals surface area contributed by atoms with Crippen molar-refractivity contribution in [3.63, 3.8) is 0 Å². The van der Waals surface area contributed by atoms with Gasteiger partial charge in [-0.05, 0) is 30.5 Å². The predicted octanol–water partition coefficient (Wildman–Crippen LogP) is 2.81. The second kappa shape index (κ2) is 8.37. The molecule has 0 unspecified atom stereocenters. The molecule has 2 aromatic rings. The summed E-state index contributed by atoms with van der Waals surface area (Å²) >= 11 is 0. The number of carbonyl (C=O) groups excluding carboxylic acids is 2. The molecule has 0 saturated heterocycles. The number of hydrogen-bond acceptors (Lipinski definition) is 4. The minimum atomic E-state index is -4.43. The lowest BCUT2D eigenvalue weighted by Gasteiger charge is -2.21. The third-order valence-corrected chi connectivity index (χ3v) is 4.35. The van der Waals surface area contributed by atoms with Crippen LogP contribution in [0.2, 0.25) is 0 Å². The quantitative estimate of drug-likeness (QED) is 0.786. The molecule has 9 heteroatoms. The number of carbonyl (C=O) groups is 2. The third-order valence-electron chi connectivity index (χ3n) is 4.35. The fourth-order valence-electron chi connectivity index (χ4n) is 2.76. The van der Waals surface area contributed by atoms with Crippen LogP contribution in [0, 0.1) is 0 Å². The normalized spacial score (nSPS) is 13.8. The first kappa shape index (κ1) is 19.8. The molecule has 0 atom stereocenters. The van der Waals surface area contributed by atoms with Gasteiger partial charge < -0.3 is 10.2 Å². The minimum absolute atomic E-state index is 0.00963. The van der Waals surface area contributed by atoms with Gasteiger partial charge in [0, 0.05) is 37.9 Å². The van der Waals surface area contributed by atoms with Crippen LogP contribution in [0.1, 0.15) is 40.9 Å². The van der Waals surface area contributed by atoms with Crippen LogP contribution < -0.4 is 5.32 Å². The number of amides is 2. The van der Waals surface area contributed by atoms with Gasteiger partial charge in [-0.25, -0.2) is 4.98 Å². The second-order valence-corrected chi connectivity index (χ2v) is 6.55. The SMILES string of the molecule is O=C(CCN(C(=O)c1cnccn1)C1CC1)NCc1cccc(C(F)(F)F)c1. The molecule has 1 heterocycles. The molecule has 1 saturated carbocycles. The third kappa shape index (κ3) is 5.28. The van der Waals surface area contributed by atoms with Gasteiger partial charge in [0.05, 0.1) is 11.8 Å². The van der Waals surface area contributed by atoms with Crippen LogP contribution in [0.5, 0.6) is 0 Å². The summed E-state index contributed by atoms with van der Waals surface area (Å²) in [6.07, 6.45) is 1.66. The summed E-state index contributed by atoms with van der Waals surface area (Å²) < 4.78 is 38.2. The van der Waals surface area contributed by atoms with Crippen LogP contribution in [0.3, 0.4) is 0 Å². The summed E-state index contributed by atoms with van der Waals surface area (Å²) in [7, 11) is 0. The Morgan fingerprint density at radius 2 is 2.00 bits per heavy atom. The summed E-state index contributed by atoms with van der Waals surface area (Å²) in [5, 5.41) is 2.60. The van der Waals surface area contributed by atoms with E-state index in [1.54, 1.807) is 4.90 Å². The highest BCUT2D eigenvalue weighted by Gasteiger charge is 2.34. The highest BCUT2D eigenvalue weighted by Crippen LogP contribution is 2.30. The smallest absolute Gasteiger partial charge is 0.352 e. The fourth-order valence-corrected chi connectivity index (χ4v) is 2.76. The maximum absolute atomic E-state index is 12.7. The molecule has 1 aromatic carbocycles. The Morgan fingerprint density at radius 1 is 1.21 bits per heavy atom. The van der Waals surface area contributed by atoms with Crippen molar-refractivity contribution < 1.29 is 22.8 Å². The molecule has 1 N–H and O–H groups in total. The van der Waals surface area contributed by atoms with E-state index in [2.05, 4.69) is 15.3 Å². The first-order valence-electron chi connectivity index (χ1n) is 8.84. The van der Waals surface area contributed by atoms with Crippen LogP contribution in [-0.4, -0.2) is 39.3 Å². The van der Waals surface area contributed by atoms with Gasteiger partial charge in [-0.15, -0.1) is 0 Å². The Balaban J connectivity index is 1.52. The van der Waals surface area contributed by atoms with E-state index in [0.29, 0.717) is 5.56 Å². The molecular formula is C19H19F3N4O2. The average Bonchev–Trinajstić information content (AvgIpc) is 3.52. The number of benzene rings is 1. The molecule has 1 aliphatic rings. The number of hydrogen-bond donors (Lipinski definition) is 1. The van der Waals surface area contributed by atoms with Crippen LogP contribution in [0.25, 0.3) is 0 Å². The minimum Gasteiger partial charge on any atom is -0.352 e. The lowest BCUT2D eigenvalue weighted by Crippen LogP contribution is -2.37. The van der Waals surface area contributed by atoms with Gasteiger partial charge >= 0.3 is 6.18 Å². The number of nitrogens with one attached hydrogen (secondary N) is 1. The molecule has 3 rings (SSSR count). The first-order chi connectivity index (χ1) is 13.3. The van der Waals surface area contributed by atoms with Gasteiger partial charge in [-0.1, -0.05) is 12.1 Å². The van der Waals surface area contributed by atoms with Crippen molar-refractivity contribution in [1.29, 1.82) is 0 Å². The van der Waals surface area contributed by atoms with E-state index in [1.807, 2.05) is 0 Å². The van der Waals surface area contributed by atoms with Gasteiger partial charge in [-0.2, -0.15) is 13.2 Å². The first-order valence-corrected chi connectivity index (χ1v) is 8.84. The summed E-state index contributed by atoms with van der Waals surface area (Å²) in [6.45, 7) is 0.207. The zero-order valence-corrected chi connectivity index (χ0v) is 14.9. The molecule has 0 aliphatic heterocycles. The molecule has 1 aliphatic carbocycles. The van der Waals surface area contributed by atoms with Gasteiger partial charge in [0.15, 0.2) is 0 Å². The lowest BCUT2D eigenvalue weighted by atomic mass is 10.1. The standard InChI is InChI=1S/C19H19F3N4O2/c20-19(21,22)14-3-1-2-13(10-14)11-25-17(27)6-9-26(15-4-5-15)18(28)16-12-23-7-8-24-16/h1-3,7-8,10,12,15H,4-6,9,11H2,(H,25,27). The van der Waals surface area contributed by atoms with Crippen molar-refractivity contribution in [3.8, 4) is 0 Å². The number of aromatic nitrogens is 2. The highest BCUT2D eigenvalue weighted by molar-refractivity contribution is 5.92. The highest BCUT2D eigenvalue weighted by atomic mass is 19.4. The van der Waals surface area contributed by atoms with E-state index in [-0.39, 0.29) is 43.1 Å². The Kier molecular flexibility index (Phi) is 5.91. The second-order valence-electron chi connectivity index (χ2n) is 6.55. The fraction of sp³-hybridized carbons (Fsp3) is 0.368. The Morgan fingerprint density at radius 3 is 2.64 bits per heavy atom. The molecule has 0 radical (unpaired) electrons. The van der Waals surface area contributed by atoms with Gasteiger partial charge in [0.2, 0.25) is 5.91 Å². The maximum Gasteiger partial charge on any atom is 0.416 e. The van der Waals surface area contributed by atoms with Crippen LogP contribution in [0.4, 0.5) is 13.2 Å². The number of alkyl halides is 3. The molecule has 6 nitrogen and oxygen atoms in total. The predicted molar refractivity (Wildman–Crippen MR) is 94.0 cm³/mol. The van der Waals surface area contributed by atoms with Crippen molar-refractivity contribution in [2.45, 2.75) is 38.0 Å². The number of nitrogens with zero attached hydrogens (tertiary/aromatic N) is 3. The summed E-state index contributed by atoms with van der Waals surface area (Å²) in [6, 6.07) is 4.90. The van der Waals surface area contributed by atoms with Gasteiger partial charge in [-0.3, -0.25) is 14.6 Å². The lowest BCUT2D eigenvalue weighted by molar-refractivity contribution is -0.137. The Hall–Kier alpha value is -2.97. The zero-order chi connectivity index (χ0) is 20.1. The van der Waals surface area contributed by atoms with Crippen LogP contribution in [0.15, 0.2) is 42.9 Å². The van der Waals surface area contributed by atoms with Crippen molar-refractivity contribution in [2.75, 3.05) is 6.54 Å². The van der Waals surface area contributed by atoms with E-state index in [9.17, 15) is 22.8 Å². The molecule has 1 fully saturated rings. The molecule has 0 spiro atoms. The number of rotatable bonds is 7. The average molecular weight is 392 g/mol.